The SMILES string of the molecule is Cl.Cl.NC(=O)[C@]12C[C@H]1CCCN2. The molecule has 2 aliphatic rings. The molecule has 1 saturated heterocycles. The van der Waals surface area contributed by atoms with Gasteiger partial charge >= 0.3 is 0 Å². The van der Waals surface area contributed by atoms with Crippen LogP contribution in [0.25, 0.3) is 0 Å². The first-order valence-electron chi connectivity index (χ1n) is 3.81. The second-order valence-corrected chi connectivity index (χ2v) is 3.31. The lowest BCUT2D eigenvalue weighted by Crippen LogP contribution is -2.47. The topological polar surface area (TPSA) is 55.1 Å². The third-order valence-electron chi connectivity index (χ3n) is 2.71. The highest BCUT2D eigenvalue weighted by atomic mass is 35.5. The lowest BCUT2D eigenvalue weighted by atomic mass is 10.1. The molecule has 0 aromatic heterocycles. The van der Waals surface area contributed by atoms with Crippen LogP contribution in [0.3, 0.4) is 0 Å². The third-order valence-corrected chi connectivity index (χ3v) is 2.71. The van der Waals surface area contributed by atoms with Gasteiger partial charge in [-0.15, -0.1) is 24.8 Å². The van der Waals surface area contributed by atoms with Gasteiger partial charge in [0.15, 0.2) is 0 Å². The van der Waals surface area contributed by atoms with Crippen LogP contribution in [0.15, 0.2) is 0 Å². The molecule has 0 bridgehead atoms. The molecule has 0 spiro atoms. The zero-order valence-corrected chi connectivity index (χ0v) is 8.34. The Hall–Kier alpha value is 0.01000. The molecule has 0 aromatic rings. The summed E-state index contributed by atoms with van der Waals surface area (Å²) in [5.74, 6) is 0.399. The fraction of sp³-hybridized carbons (Fsp3) is 0.857. The van der Waals surface area contributed by atoms with Crippen LogP contribution >= 0.6 is 24.8 Å². The van der Waals surface area contributed by atoms with Gasteiger partial charge in [0.2, 0.25) is 5.91 Å². The number of rotatable bonds is 1. The van der Waals surface area contributed by atoms with Crippen LogP contribution in [0.4, 0.5) is 0 Å². The van der Waals surface area contributed by atoms with E-state index in [1.165, 1.54) is 12.8 Å². The van der Waals surface area contributed by atoms with E-state index >= 15 is 0 Å². The number of halogens is 2. The zero-order valence-electron chi connectivity index (χ0n) is 6.71. The average molecular weight is 213 g/mol. The summed E-state index contributed by atoms with van der Waals surface area (Å²) in [7, 11) is 0. The smallest absolute Gasteiger partial charge is 0.238 e. The third kappa shape index (κ3) is 1.53. The Labute approximate surface area is 84.3 Å². The molecule has 1 saturated carbocycles. The minimum absolute atomic E-state index is 0. The number of carbonyl (C=O) groups is 1. The van der Waals surface area contributed by atoms with Crippen LogP contribution in [0.5, 0.6) is 0 Å². The number of primary amides is 1. The van der Waals surface area contributed by atoms with Gasteiger partial charge < -0.3 is 11.1 Å². The summed E-state index contributed by atoms with van der Waals surface area (Å²) in [4.78, 5) is 10.9. The van der Waals surface area contributed by atoms with Gasteiger partial charge in [-0.1, -0.05) is 0 Å². The number of piperidine rings is 1. The van der Waals surface area contributed by atoms with E-state index in [-0.39, 0.29) is 36.3 Å². The zero-order chi connectivity index (χ0) is 7.19. The second kappa shape index (κ2) is 3.81. The molecule has 12 heavy (non-hydrogen) atoms. The van der Waals surface area contributed by atoms with Gasteiger partial charge in [-0.25, -0.2) is 0 Å². The lowest BCUT2D eigenvalue weighted by molar-refractivity contribution is -0.121. The summed E-state index contributed by atoms with van der Waals surface area (Å²) in [6.07, 6.45) is 3.35. The predicted octanol–water partition coefficient (Wildman–Crippen LogP) is 0.457. The average Bonchev–Trinajstić information content (AvgIpc) is 2.61. The van der Waals surface area contributed by atoms with Crippen molar-refractivity contribution in [1.82, 2.24) is 5.32 Å². The van der Waals surface area contributed by atoms with E-state index in [9.17, 15) is 4.79 Å². The number of nitrogens with two attached hydrogens (primary N) is 1. The van der Waals surface area contributed by atoms with E-state index in [0.717, 1.165) is 13.0 Å². The molecule has 1 heterocycles. The predicted molar refractivity (Wildman–Crippen MR) is 51.8 cm³/mol. The molecule has 1 aliphatic heterocycles. The molecule has 3 N–H and O–H groups in total. The Kier molecular flexibility index (Phi) is 3.82. The minimum Gasteiger partial charge on any atom is -0.368 e. The van der Waals surface area contributed by atoms with Gasteiger partial charge in [0.05, 0.1) is 0 Å². The van der Waals surface area contributed by atoms with E-state index in [0.29, 0.717) is 5.92 Å². The second-order valence-electron chi connectivity index (χ2n) is 3.31. The monoisotopic (exact) mass is 212 g/mol. The summed E-state index contributed by atoms with van der Waals surface area (Å²) < 4.78 is 0. The van der Waals surface area contributed by atoms with Gasteiger partial charge in [-0.3, -0.25) is 4.79 Å². The molecule has 0 unspecified atom stereocenters. The first-order valence-corrected chi connectivity index (χ1v) is 3.81. The molecule has 1 amide bonds. The van der Waals surface area contributed by atoms with Crippen molar-refractivity contribution in [2.75, 3.05) is 6.54 Å². The Morgan fingerprint density at radius 1 is 1.50 bits per heavy atom. The summed E-state index contributed by atoms with van der Waals surface area (Å²) >= 11 is 0. The molecule has 1 aliphatic carbocycles. The van der Waals surface area contributed by atoms with E-state index in [1.54, 1.807) is 0 Å². The first kappa shape index (κ1) is 12.0. The van der Waals surface area contributed by atoms with E-state index in [4.69, 9.17) is 5.73 Å². The van der Waals surface area contributed by atoms with Gasteiger partial charge in [-0.2, -0.15) is 0 Å². The molecule has 2 rings (SSSR count). The van der Waals surface area contributed by atoms with Crippen molar-refractivity contribution in [3.63, 3.8) is 0 Å². The number of amides is 1. The van der Waals surface area contributed by atoms with Crippen molar-refractivity contribution in [2.24, 2.45) is 11.7 Å². The normalized spacial score (nSPS) is 36.8. The molecule has 5 heteroatoms. The molecular formula is C7H14Cl2N2O. The molecular weight excluding hydrogens is 199 g/mol. The first-order chi connectivity index (χ1) is 4.76. The summed E-state index contributed by atoms with van der Waals surface area (Å²) in [6, 6.07) is 0. The van der Waals surface area contributed by atoms with Crippen molar-refractivity contribution >= 4 is 30.7 Å². The molecule has 72 valence electrons. The lowest BCUT2D eigenvalue weighted by Gasteiger charge is -2.19. The van der Waals surface area contributed by atoms with Gasteiger partial charge in [0.25, 0.3) is 0 Å². The molecule has 3 nitrogen and oxygen atoms in total. The fourth-order valence-corrected chi connectivity index (χ4v) is 1.94. The van der Waals surface area contributed by atoms with Crippen molar-refractivity contribution in [3.8, 4) is 0 Å². The van der Waals surface area contributed by atoms with Gasteiger partial charge in [0, 0.05) is 0 Å². The van der Waals surface area contributed by atoms with E-state index in [2.05, 4.69) is 5.32 Å². The number of fused-ring (bicyclic) bond motifs is 1. The fourth-order valence-electron chi connectivity index (χ4n) is 1.94. The number of hydrogen-bond donors (Lipinski definition) is 2. The number of hydrogen-bond acceptors (Lipinski definition) is 2. The van der Waals surface area contributed by atoms with Crippen molar-refractivity contribution in [1.29, 1.82) is 0 Å². The van der Waals surface area contributed by atoms with Crippen molar-refractivity contribution in [2.45, 2.75) is 24.8 Å². The highest BCUT2D eigenvalue weighted by Gasteiger charge is 2.59. The quantitative estimate of drug-likeness (QED) is 0.664. The number of nitrogens with one attached hydrogen (secondary N) is 1. The summed E-state index contributed by atoms with van der Waals surface area (Å²) in [6.45, 7) is 0.958. The van der Waals surface area contributed by atoms with Crippen LogP contribution in [-0.4, -0.2) is 18.0 Å². The Balaban J connectivity index is 0.000000605. The Bertz CT molecular complexity index is 188. The maximum Gasteiger partial charge on any atom is 0.238 e. The number of carbonyl (C=O) groups excluding carboxylic acids is 1. The van der Waals surface area contributed by atoms with E-state index in [1.807, 2.05) is 0 Å². The standard InChI is InChI=1S/C7H12N2O.2ClH/c8-6(10)7-4-5(7)2-1-3-9-7;;/h5,9H,1-4H2,(H2,8,10);2*1H/t5-,7+;;/m1../s1. The van der Waals surface area contributed by atoms with Gasteiger partial charge in [0.1, 0.15) is 5.54 Å². The maximum absolute atomic E-state index is 10.9. The largest absolute Gasteiger partial charge is 0.368 e. The summed E-state index contributed by atoms with van der Waals surface area (Å²) in [5.41, 5.74) is 4.98. The van der Waals surface area contributed by atoms with Crippen LogP contribution in [-0.2, 0) is 4.79 Å². The maximum atomic E-state index is 10.9. The van der Waals surface area contributed by atoms with Crippen LogP contribution in [0, 0.1) is 5.92 Å². The Morgan fingerprint density at radius 2 is 2.17 bits per heavy atom. The minimum atomic E-state index is -0.266. The Morgan fingerprint density at radius 3 is 2.58 bits per heavy atom. The molecule has 0 aromatic carbocycles. The van der Waals surface area contributed by atoms with Crippen LogP contribution in [0.1, 0.15) is 19.3 Å². The van der Waals surface area contributed by atoms with Crippen molar-refractivity contribution in [3.05, 3.63) is 0 Å². The highest BCUT2D eigenvalue weighted by Crippen LogP contribution is 2.48. The van der Waals surface area contributed by atoms with Crippen LogP contribution in [0.2, 0.25) is 0 Å². The van der Waals surface area contributed by atoms with Crippen molar-refractivity contribution < 1.29 is 4.79 Å². The summed E-state index contributed by atoms with van der Waals surface area (Å²) in [5, 5.41) is 3.19. The molecule has 2 atom stereocenters. The van der Waals surface area contributed by atoms with Gasteiger partial charge in [-0.05, 0) is 31.7 Å². The van der Waals surface area contributed by atoms with E-state index < -0.39 is 0 Å². The molecule has 2 fully saturated rings. The molecule has 0 radical (unpaired) electrons. The van der Waals surface area contributed by atoms with Crippen LogP contribution < -0.4 is 11.1 Å². The highest BCUT2D eigenvalue weighted by molar-refractivity contribution is 5.88.